The first-order valence-corrected chi connectivity index (χ1v) is 4.53. The van der Waals surface area contributed by atoms with Crippen molar-refractivity contribution in [3.05, 3.63) is 21.7 Å². The highest BCUT2D eigenvalue weighted by Crippen LogP contribution is 2.15. The molecular formula is C9H11NOS. The van der Waals surface area contributed by atoms with Gasteiger partial charge in [0, 0.05) is 11.1 Å². The highest BCUT2D eigenvalue weighted by Gasteiger charge is 1.98. The van der Waals surface area contributed by atoms with Crippen molar-refractivity contribution in [2.45, 2.75) is 20.8 Å². The molecular weight excluding hydrogens is 170 g/mol. The van der Waals surface area contributed by atoms with Crippen molar-refractivity contribution in [1.82, 2.24) is 4.98 Å². The van der Waals surface area contributed by atoms with Gasteiger partial charge in [0.1, 0.15) is 0 Å². The largest absolute Gasteiger partial charge is 0.295 e. The van der Waals surface area contributed by atoms with Crippen LogP contribution in [0.3, 0.4) is 0 Å². The normalized spacial score (nSPS) is 11.8. The molecule has 0 spiro atoms. The lowest BCUT2D eigenvalue weighted by atomic mass is 10.2. The minimum atomic E-state index is 0.112. The number of carbonyl (C=O) groups is 1. The fourth-order valence-corrected chi connectivity index (χ4v) is 1.55. The fourth-order valence-electron chi connectivity index (χ4n) is 0.760. The first-order valence-electron chi connectivity index (χ1n) is 3.71. The summed E-state index contributed by atoms with van der Waals surface area (Å²) in [6, 6.07) is 0. The van der Waals surface area contributed by atoms with Crippen molar-refractivity contribution in [1.29, 1.82) is 0 Å². The Bertz CT molecular complexity index is 325. The second kappa shape index (κ2) is 3.63. The molecule has 0 amide bonds. The zero-order chi connectivity index (χ0) is 9.14. The summed E-state index contributed by atoms with van der Waals surface area (Å²) in [7, 11) is 0. The highest BCUT2D eigenvalue weighted by atomic mass is 32.1. The molecule has 0 saturated carbocycles. The number of thiazole rings is 1. The number of allylic oxidation sites excluding steroid dienone is 1. The van der Waals surface area contributed by atoms with Crippen molar-refractivity contribution < 1.29 is 4.79 Å². The number of hydrogen-bond donors (Lipinski definition) is 0. The van der Waals surface area contributed by atoms with E-state index in [-0.39, 0.29) is 5.78 Å². The van der Waals surface area contributed by atoms with Gasteiger partial charge in [-0.1, -0.05) is 0 Å². The Morgan fingerprint density at radius 2 is 2.25 bits per heavy atom. The summed E-state index contributed by atoms with van der Waals surface area (Å²) in [5, 5.41) is 1.03. The molecule has 0 bridgehead atoms. The molecule has 1 aromatic rings. The summed E-state index contributed by atoms with van der Waals surface area (Å²) in [6.45, 7) is 5.34. The second-order valence-corrected chi connectivity index (χ2v) is 3.93. The van der Waals surface area contributed by atoms with Crippen LogP contribution < -0.4 is 0 Å². The van der Waals surface area contributed by atoms with Crippen molar-refractivity contribution >= 4 is 23.2 Å². The first kappa shape index (κ1) is 9.13. The van der Waals surface area contributed by atoms with Gasteiger partial charge in [0.05, 0.1) is 5.01 Å². The van der Waals surface area contributed by atoms with E-state index in [0.717, 1.165) is 15.5 Å². The number of hydrogen-bond acceptors (Lipinski definition) is 3. The molecule has 0 saturated heterocycles. The van der Waals surface area contributed by atoms with Gasteiger partial charge >= 0.3 is 0 Å². The van der Waals surface area contributed by atoms with Crippen LogP contribution in [0.1, 0.15) is 23.7 Å². The van der Waals surface area contributed by atoms with E-state index in [0.29, 0.717) is 0 Å². The third-order valence-electron chi connectivity index (χ3n) is 1.55. The number of aromatic nitrogens is 1. The van der Waals surface area contributed by atoms with Gasteiger partial charge in [-0.2, -0.15) is 0 Å². The van der Waals surface area contributed by atoms with Gasteiger partial charge in [-0.25, -0.2) is 4.98 Å². The highest BCUT2D eigenvalue weighted by molar-refractivity contribution is 7.12. The lowest BCUT2D eigenvalue weighted by Crippen LogP contribution is -1.89. The van der Waals surface area contributed by atoms with Gasteiger partial charge in [-0.05, 0) is 32.4 Å². The van der Waals surface area contributed by atoms with Crippen LogP contribution in [-0.2, 0) is 4.79 Å². The number of nitrogens with zero attached hydrogens (tertiary/aromatic N) is 1. The number of ketones is 1. The molecule has 12 heavy (non-hydrogen) atoms. The van der Waals surface area contributed by atoms with E-state index in [9.17, 15) is 4.79 Å². The molecule has 3 heteroatoms. The van der Waals surface area contributed by atoms with E-state index < -0.39 is 0 Å². The molecule has 0 unspecified atom stereocenters. The molecule has 0 aliphatic rings. The van der Waals surface area contributed by atoms with Crippen LogP contribution in [0.25, 0.3) is 6.08 Å². The smallest absolute Gasteiger partial charge is 0.155 e. The Hall–Kier alpha value is -0.960. The molecule has 0 aliphatic carbocycles. The molecule has 1 aromatic heterocycles. The van der Waals surface area contributed by atoms with Gasteiger partial charge in [-0.15, -0.1) is 11.3 Å². The maximum absolute atomic E-state index is 10.9. The van der Waals surface area contributed by atoms with Crippen LogP contribution >= 0.6 is 11.3 Å². The Morgan fingerprint density at radius 3 is 2.67 bits per heavy atom. The minimum Gasteiger partial charge on any atom is -0.295 e. The van der Waals surface area contributed by atoms with E-state index in [1.807, 2.05) is 19.9 Å². The van der Waals surface area contributed by atoms with Crippen molar-refractivity contribution in [2.24, 2.45) is 0 Å². The SMILES string of the molecule is CC(=O)C(C)=Cc1cnc(C)s1. The molecule has 0 aliphatic heterocycles. The summed E-state index contributed by atoms with van der Waals surface area (Å²) in [5.41, 5.74) is 0.777. The van der Waals surface area contributed by atoms with Crippen molar-refractivity contribution in [3.8, 4) is 0 Å². The van der Waals surface area contributed by atoms with Crippen molar-refractivity contribution in [3.63, 3.8) is 0 Å². The molecule has 2 nitrogen and oxygen atoms in total. The molecule has 0 atom stereocenters. The monoisotopic (exact) mass is 181 g/mol. The Kier molecular flexibility index (Phi) is 2.76. The molecule has 1 rings (SSSR count). The van der Waals surface area contributed by atoms with Crippen LogP contribution in [0, 0.1) is 6.92 Å². The maximum atomic E-state index is 10.9. The number of carbonyl (C=O) groups excluding carboxylic acids is 1. The average Bonchev–Trinajstić information content (AvgIpc) is 2.35. The second-order valence-electron chi connectivity index (χ2n) is 2.67. The van der Waals surface area contributed by atoms with E-state index in [4.69, 9.17) is 0 Å². The summed E-state index contributed by atoms with van der Waals surface area (Å²) in [5.74, 6) is 0.112. The first-order chi connectivity index (χ1) is 5.59. The summed E-state index contributed by atoms with van der Waals surface area (Å²) < 4.78 is 0. The van der Waals surface area contributed by atoms with Gasteiger partial charge in [-0.3, -0.25) is 4.79 Å². The minimum absolute atomic E-state index is 0.112. The van der Waals surface area contributed by atoms with Crippen molar-refractivity contribution in [2.75, 3.05) is 0 Å². The van der Waals surface area contributed by atoms with Gasteiger partial charge < -0.3 is 0 Å². The lowest BCUT2D eigenvalue weighted by Gasteiger charge is -1.90. The predicted octanol–water partition coefficient (Wildman–Crippen LogP) is 2.44. The number of Topliss-reactive ketones (excluding diaryl/α,β-unsaturated/α-hetero) is 1. The third-order valence-corrected chi connectivity index (χ3v) is 2.41. The quantitative estimate of drug-likeness (QED) is 0.656. The molecule has 0 N–H and O–H groups in total. The zero-order valence-electron chi connectivity index (χ0n) is 7.42. The average molecular weight is 181 g/mol. The summed E-state index contributed by atoms with van der Waals surface area (Å²) in [6.07, 6.45) is 3.65. The lowest BCUT2D eigenvalue weighted by molar-refractivity contribution is -0.113. The Morgan fingerprint density at radius 1 is 1.58 bits per heavy atom. The molecule has 0 fully saturated rings. The van der Waals surface area contributed by atoms with Gasteiger partial charge in [0.2, 0.25) is 0 Å². The van der Waals surface area contributed by atoms with E-state index >= 15 is 0 Å². The Balaban J connectivity index is 2.87. The van der Waals surface area contributed by atoms with Crippen LogP contribution in [0.15, 0.2) is 11.8 Å². The zero-order valence-corrected chi connectivity index (χ0v) is 8.23. The van der Waals surface area contributed by atoms with Crippen LogP contribution in [0.5, 0.6) is 0 Å². The van der Waals surface area contributed by atoms with Crippen LogP contribution in [0.2, 0.25) is 0 Å². The number of rotatable bonds is 2. The molecule has 64 valence electrons. The molecule has 1 heterocycles. The third kappa shape index (κ3) is 2.27. The predicted molar refractivity (Wildman–Crippen MR) is 51.2 cm³/mol. The summed E-state index contributed by atoms with van der Waals surface area (Å²) in [4.78, 5) is 16.0. The van der Waals surface area contributed by atoms with Crippen LogP contribution in [0.4, 0.5) is 0 Å². The summed E-state index contributed by atoms with van der Waals surface area (Å²) >= 11 is 1.59. The van der Waals surface area contributed by atoms with Gasteiger partial charge in [0.15, 0.2) is 5.78 Å². The topological polar surface area (TPSA) is 30.0 Å². The van der Waals surface area contributed by atoms with Gasteiger partial charge in [0.25, 0.3) is 0 Å². The van der Waals surface area contributed by atoms with Crippen LogP contribution in [-0.4, -0.2) is 10.8 Å². The maximum Gasteiger partial charge on any atom is 0.155 e. The molecule has 0 radical (unpaired) electrons. The number of aryl methyl sites for hydroxylation is 1. The standard InChI is InChI=1S/C9H11NOS/c1-6(7(2)11)4-9-5-10-8(3)12-9/h4-5H,1-3H3. The van der Waals surface area contributed by atoms with E-state index in [1.54, 1.807) is 24.5 Å². The van der Waals surface area contributed by atoms with E-state index in [1.165, 1.54) is 0 Å². The molecule has 0 aromatic carbocycles. The Labute approximate surface area is 76.0 Å². The van der Waals surface area contributed by atoms with E-state index in [2.05, 4.69) is 4.98 Å². The fraction of sp³-hybridized carbons (Fsp3) is 0.333.